The van der Waals surface area contributed by atoms with Gasteiger partial charge in [0, 0.05) is 5.97 Å². The first-order valence-electron chi connectivity index (χ1n) is 8.87. The molecule has 0 fully saturated rings. The van der Waals surface area contributed by atoms with Crippen molar-refractivity contribution < 1.29 is 39.5 Å². The van der Waals surface area contributed by atoms with Gasteiger partial charge in [0.25, 0.3) is 0 Å². The largest absolute Gasteiger partial charge is 1.00 e. The van der Waals surface area contributed by atoms with E-state index in [2.05, 4.69) is 67.7 Å². The summed E-state index contributed by atoms with van der Waals surface area (Å²) in [5.41, 5.74) is 0. The van der Waals surface area contributed by atoms with Crippen LogP contribution in [0.1, 0.15) is 58.3 Å². The van der Waals surface area contributed by atoms with E-state index >= 15 is 0 Å². The van der Waals surface area contributed by atoms with Crippen molar-refractivity contribution >= 4 is 5.97 Å². The number of carboxylic acids is 1. The molecule has 0 N–H and O–H groups in total. The Morgan fingerprint density at radius 3 is 1.28 bits per heavy atom. The zero-order chi connectivity index (χ0) is 17.7. The Labute approximate surface area is 176 Å². The van der Waals surface area contributed by atoms with Crippen molar-refractivity contribution in [2.45, 2.75) is 58.3 Å². The molecule has 0 aromatic carbocycles. The molecule has 0 bridgehead atoms. The fourth-order valence-corrected chi connectivity index (χ4v) is 1.84. The summed E-state index contributed by atoms with van der Waals surface area (Å²) in [6, 6.07) is 0. The number of carbonyl (C=O) groups is 1. The molecule has 0 amide bonds. The number of carboxylic acid groups (broad SMARTS) is 1. The van der Waals surface area contributed by atoms with E-state index in [9.17, 15) is 9.90 Å². The van der Waals surface area contributed by atoms with Crippen LogP contribution in [0, 0.1) is 0 Å². The summed E-state index contributed by atoms with van der Waals surface area (Å²) in [4.78, 5) is 10.2. The molecular formula is C22H31NaO2. The first-order chi connectivity index (χ1) is 11.8. The Hall–Kier alpha value is -1.09. The van der Waals surface area contributed by atoms with E-state index in [1.54, 1.807) is 0 Å². The molecular weight excluding hydrogens is 319 g/mol. The summed E-state index contributed by atoms with van der Waals surface area (Å²) < 4.78 is 0. The normalized spacial score (nSPS) is 12.5. The van der Waals surface area contributed by atoms with Gasteiger partial charge in [-0.05, 0) is 51.4 Å². The molecule has 0 heterocycles. The first-order valence-corrected chi connectivity index (χ1v) is 8.87. The number of rotatable bonds is 14. The minimum absolute atomic E-state index is 0. The van der Waals surface area contributed by atoms with Crippen molar-refractivity contribution in [3.05, 3.63) is 72.9 Å². The van der Waals surface area contributed by atoms with E-state index < -0.39 is 5.97 Å². The van der Waals surface area contributed by atoms with Gasteiger partial charge in [0.1, 0.15) is 0 Å². The summed E-state index contributed by atoms with van der Waals surface area (Å²) in [7, 11) is 0. The van der Waals surface area contributed by atoms with E-state index in [1.807, 2.05) is 12.2 Å². The predicted octanol–water partition coefficient (Wildman–Crippen LogP) is 2.22. The maximum atomic E-state index is 10.2. The van der Waals surface area contributed by atoms with E-state index in [0.717, 1.165) is 38.5 Å². The molecule has 2 nitrogen and oxygen atoms in total. The molecule has 0 saturated heterocycles. The van der Waals surface area contributed by atoms with Gasteiger partial charge in [-0.2, -0.15) is 0 Å². The molecule has 25 heavy (non-hydrogen) atoms. The van der Waals surface area contributed by atoms with Gasteiger partial charge in [-0.3, -0.25) is 0 Å². The monoisotopic (exact) mass is 350 g/mol. The fourth-order valence-electron chi connectivity index (χ4n) is 1.84. The van der Waals surface area contributed by atoms with Gasteiger partial charge in [0.2, 0.25) is 0 Å². The van der Waals surface area contributed by atoms with Crippen LogP contribution in [0.2, 0.25) is 0 Å². The van der Waals surface area contributed by atoms with Crippen LogP contribution >= 0.6 is 0 Å². The first kappa shape index (κ1) is 26.1. The molecule has 132 valence electrons. The second kappa shape index (κ2) is 22.9. The third-order valence-corrected chi connectivity index (χ3v) is 3.11. The van der Waals surface area contributed by atoms with Crippen LogP contribution in [0.5, 0.6) is 0 Å². The molecule has 0 spiro atoms. The topological polar surface area (TPSA) is 40.1 Å². The molecule has 0 atom stereocenters. The van der Waals surface area contributed by atoms with Gasteiger partial charge in [-0.15, -0.1) is 0 Å². The summed E-state index contributed by atoms with van der Waals surface area (Å²) in [6.45, 7) is 2.15. The quantitative estimate of drug-likeness (QED) is 0.356. The third-order valence-electron chi connectivity index (χ3n) is 3.11. The predicted molar refractivity (Wildman–Crippen MR) is 102 cm³/mol. The molecule has 0 aromatic heterocycles. The van der Waals surface area contributed by atoms with Gasteiger partial charge in [-0.1, -0.05) is 79.8 Å². The SMILES string of the molecule is CCC=CCC=CCC=CCC=CCC=CC/C=C\CCC(=O)[O-].[Na+]. The van der Waals surface area contributed by atoms with Crippen LogP contribution in [0.3, 0.4) is 0 Å². The second-order valence-electron chi connectivity index (χ2n) is 5.33. The Morgan fingerprint density at radius 2 is 0.960 bits per heavy atom. The average molecular weight is 350 g/mol. The van der Waals surface area contributed by atoms with Crippen molar-refractivity contribution in [3.63, 3.8) is 0 Å². The van der Waals surface area contributed by atoms with Gasteiger partial charge < -0.3 is 9.90 Å². The van der Waals surface area contributed by atoms with Gasteiger partial charge in [0.05, 0.1) is 0 Å². The van der Waals surface area contributed by atoms with Crippen LogP contribution in [-0.2, 0) is 4.79 Å². The minimum atomic E-state index is -0.991. The zero-order valence-electron chi connectivity index (χ0n) is 15.9. The third kappa shape index (κ3) is 25.3. The maximum Gasteiger partial charge on any atom is 1.00 e. The van der Waals surface area contributed by atoms with Crippen molar-refractivity contribution in [2.75, 3.05) is 0 Å². The van der Waals surface area contributed by atoms with Gasteiger partial charge >= 0.3 is 29.6 Å². The van der Waals surface area contributed by atoms with Crippen LogP contribution in [0.4, 0.5) is 0 Å². The summed E-state index contributed by atoms with van der Waals surface area (Å²) >= 11 is 0. The second-order valence-corrected chi connectivity index (χ2v) is 5.33. The minimum Gasteiger partial charge on any atom is -0.550 e. The van der Waals surface area contributed by atoms with Crippen LogP contribution < -0.4 is 34.7 Å². The number of aliphatic carboxylic acids is 1. The Kier molecular flexibility index (Phi) is 24.0. The van der Waals surface area contributed by atoms with Crippen LogP contribution in [0.15, 0.2) is 72.9 Å². The molecule has 0 saturated carbocycles. The molecule has 0 radical (unpaired) electrons. The Balaban J connectivity index is 0. The Morgan fingerprint density at radius 1 is 0.640 bits per heavy atom. The molecule has 0 aromatic rings. The van der Waals surface area contributed by atoms with Crippen molar-refractivity contribution in [3.8, 4) is 0 Å². The van der Waals surface area contributed by atoms with Gasteiger partial charge in [0.15, 0.2) is 0 Å². The summed E-state index contributed by atoms with van der Waals surface area (Å²) in [6.07, 6.45) is 32.1. The van der Waals surface area contributed by atoms with E-state index in [0.29, 0.717) is 6.42 Å². The number of hydrogen-bond acceptors (Lipinski definition) is 2. The molecule has 0 aliphatic rings. The standard InChI is InChI=1S/C22H32O2.Na/c1-2-3-4-5-6-7-8-9-10-11-12-13-14-15-16-17-18-19-20-21-22(23)24;/h3-4,6-7,9-10,12-13,15-16,18-19H,2,5,8,11,14,17,20-21H2,1H3,(H,23,24);/q;+1/p-1/b4-3?,7-6?,10-9?,13-12?,16-15?,19-18-;. The molecule has 3 heteroatoms. The number of hydrogen-bond donors (Lipinski definition) is 0. The Bertz CT molecular complexity index is 468. The summed E-state index contributed by atoms with van der Waals surface area (Å²) in [5.74, 6) is -0.991. The average Bonchev–Trinajstić information content (AvgIpc) is 2.56. The molecule has 0 unspecified atom stereocenters. The molecule has 0 aliphatic heterocycles. The number of carbonyl (C=O) groups excluding carboxylic acids is 1. The van der Waals surface area contributed by atoms with E-state index in [4.69, 9.17) is 0 Å². The molecule has 0 aliphatic carbocycles. The zero-order valence-corrected chi connectivity index (χ0v) is 17.9. The smallest absolute Gasteiger partial charge is 0.550 e. The van der Waals surface area contributed by atoms with Crippen molar-refractivity contribution in [2.24, 2.45) is 0 Å². The number of allylic oxidation sites excluding steroid dienone is 12. The fraction of sp³-hybridized carbons (Fsp3) is 0.409. The van der Waals surface area contributed by atoms with Crippen molar-refractivity contribution in [1.82, 2.24) is 0 Å². The summed E-state index contributed by atoms with van der Waals surface area (Å²) in [5, 5.41) is 10.2. The van der Waals surface area contributed by atoms with E-state index in [1.165, 1.54) is 0 Å². The van der Waals surface area contributed by atoms with E-state index in [-0.39, 0.29) is 36.0 Å². The van der Waals surface area contributed by atoms with Crippen LogP contribution in [-0.4, -0.2) is 5.97 Å². The van der Waals surface area contributed by atoms with Gasteiger partial charge in [-0.25, -0.2) is 0 Å². The molecule has 0 rings (SSSR count). The maximum absolute atomic E-state index is 10.2. The van der Waals surface area contributed by atoms with Crippen molar-refractivity contribution in [1.29, 1.82) is 0 Å². The van der Waals surface area contributed by atoms with Crippen LogP contribution in [0.25, 0.3) is 0 Å².